The molecule has 0 aliphatic carbocycles. The van der Waals surface area contributed by atoms with Crippen LogP contribution in [0.3, 0.4) is 0 Å². The van der Waals surface area contributed by atoms with E-state index in [1.165, 1.54) is 0 Å². The molecule has 3 nitrogen and oxygen atoms in total. The topological polar surface area (TPSA) is 53.2 Å². The van der Waals surface area contributed by atoms with E-state index in [1.54, 1.807) is 11.3 Å². The van der Waals surface area contributed by atoms with Gasteiger partial charge in [0.15, 0.2) is 0 Å². The Labute approximate surface area is 98.3 Å². The molecule has 0 spiro atoms. The Morgan fingerprint density at radius 1 is 1.62 bits per heavy atom. The van der Waals surface area contributed by atoms with Crippen molar-refractivity contribution in [2.45, 2.75) is 37.6 Å². The molecule has 4 atom stereocenters. The number of aliphatic hydroxyl groups is 1. The first-order valence-corrected chi connectivity index (χ1v) is 6.47. The van der Waals surface area contributed by atoms with E-state index in [1.807, 2.05) is 16.8 Å². The minimum absolute atomic E-state index is 0.0857. The molecule has 4 unspecified atom stereocenters. The van der Waals surface area contributed by atoms with Gasteiger partial charge in [-0.05, 0) is 41.7 Å². The fourth-order valence-corrected chi connectivity index (χ4v) is 3.62. The second kappa shape index (κ2) is 3.56. The van der Waals surface area contributed by atoms with Gasteiger partial charge in [0.2, 0.25) is 0 Å². The first-order valence-electron chi connectivity index (χ1n) is 5.53. The van der Waals surface area contributed by atoms with Crippen molar-refractivity contribution in [3.8, 4) is 6.07 Å². The largest absolute Gasteiger partial charge is 0.387 e. The summed E-state index contributed by atoms with van der Waals surface area (Å²) >= 11 is 1.55. The smallest absolute Gasteiger partial charge is 0.116 e. The fraction of sp³-hybridized carbons (Fsp3) is 0.583. The maximum Gasteiger partial charge on any atom is 0.116 e. The highest BCUT2D eigenvalue weighted by atomic mass is 32.1. The molecule has 3 heterocycles. The van der Waals surface area contributed by atoms with Gasteiger partial charge in [-0.15, -0.1) is 0 Å². The summed E-state index contributed by atoms with van der Waals surface area (Å²) in [6.45, 7) is 0. The van der Waals surface area contributed by atoms with E-state index in [2.05, 4.69) is 6.07 Å². The highest BCUT2D eigenvalue weighted by molar-refractivity contribution is 7.07. The quantitative estimate of drug-likeness (QED) is 0.855. The number of fused-ring (bicyclic) bond motifs is 2. The zero-order chi connectivity index (χ0) is 11.2. The summed E-state index contributed by atoms with van der Waals surface area (Å²) in [5, 5.41) is 23.6. The van der Waals surface area contributed by atoms with Crippen molar-refractivity contribution < 1.29 is 9.84 Å². The van der Waals surface area contributed by atoms with Gasteiger partial charge in [0, 0.05) is 0 Å². The molecule has 0 aromatic carbocycles. The van der Waals surface area contributed by atoms with Crippen LogP contribution in [0.15, 0.2) is 16.8 Å². The van der Waals surface area contributed by atoms with Crippen LogP contribution in [0, 0.1) is 16.7 Å². The van der Waals surface area contributed by atoms with E-state index in [0.29, 0.717) is 6.42 Å². The van der Waals surface area contributed by atoms with Crippen LogP contribution in [0.25, 0.3) is 0 Å². The van der Waals surface area contributed by atoms with Gasteiger partial charge in [-0.25, -0.2) is 0 Å². The van der Waals surface area contributed by atoms with E-state index < -0.39 is 11.5 Å². The average Bonchev–Trinajstić information content (AvgIpc) is 3.03. The third-order valence-corrected chi connectivity index (χ3v) is 4.50. The van der Waals surface area contributed by atoms with Crippen LogP contribution in [-0.2, 0) is 4.74 Å². The molecule has 16 heavy (non-hydrogen) atoms. The average molecular weight is 235 g/mol. The highest BCUT2D eigenvalue weighted by Crippen LogP contribution is 2.53. The molecule has 2 saturated heterocycles. The normalized spacial score (nSPS) is 38.5. The van der Waals surface area contributed by atoms with Crippen molar-refractivity contribution in [3.63, 3.8) is 0 Å². The summed E-state index contributed by atoms with van der Waals surface area (Å²) in [6, 6.07) is 4.22. The van der Waals surface area contributed by atoms with E-state index in [-0.39, 0.29) is 12.2 Å². The van der Waals surface area contributed by atoms with E-state index >= 15 is 0 Å². The molecule has 1 aromatic heterocycles. The Balaban J connectivity index is 1.95. The number of aliphatic hydroxyl groups excluding tert-OH is 1. The van der Waals surface area contributed by atoms with Crippen LogP contribution in [0.4, 0.5) is 0 Å². The van der Waals surface area contributed by atoms with Crippen LogP contribution in [0.1, 0.15) is 30.9 Å². The summed E-state index contributed by atoms with van der Waals surface area (Å²) in [4.78, 5) is 0. The minimum atomic E-state index is -0.718. The van der Waals surface area contributed by atoms with Crippen molar-refractivity contribution in [2.75, 3.05) is 0 Å². The van der Waals surface area contributed by atoms with Crippen LogP contribution in [0.5, 0.6) is 0 Å². The summed E-state index contributed by atoms with van der Waals surface area (Å²) < 4.78 is 5.72. The van der Waals surface area contributed by atoms with Crippen molar-refractivity contribution in [2.24, 2.45) is 5.41 Å². The van der Waals surface area contributed by atoms with Crippen molar-refractivity contribution >= 4 is 11.3 Å². The first-order chi connectivity index (χ1) is 7.76. The third-order valence-electron chi connectivity index (χ3n) is 3.80. The lowest BCUT2D eigenvalue weighted by Gasteiger charge is -2.32. The van der Waals surface area contributed by atoms with Gasteiger partial charge >= 0.3 is 0 Å². The van der Waals surface area contributed by atoms with Crippen LogP contribution >= 0.6 is 11.3 Å². The zero-order valence-corrected chi connectivity index (χ0v) is 9.61. The molecular weight excluding hydrogens is 222 g/mol. The first kappa shape index (κ1) is 10.3. The Bertz CT molecular complexity index is 425. The maximum absolute atomic E-state index is 10.4. The number of hydrogen-bond acceptors (Lipinski definition) is 4. The Kier molecular flexibility index (Phi) is 2.28. The number of nitrogens with zero attached hydrogens (tertiary/aromatic N) is 1. The monoisotopic (exact) mass is 235 g/mol. The number of nitriles is 1. The van der Waals surface area contributed by atoms with Gasteiger partial charge in [-0.2, -0.15) is 16.6 Å². The van der Waals surface area contributed by atoms with Gasteiger partial charge in [-0.3, -0.25) is 0 Å². The van der Waals surface area contributed by atoms with Gasteiger partial charge in [0.1, 0.15) is 11.5 Å². The van der Waals surface area contributed by atoms with Crippen molar-refractivity contribution in [3.05, 3.63) is 22.4 Å². The Morgan fingerprint density at radius 3 is 3.00 bits per heavy atom. The lowest BCUT2D eigenvalue weighted by atomic mass is 9.70. The molecule has 0 saturated carbocycles. The maximum atomic E-state index is 10.4. The molecule has 0 radical (unpaired) electrons. The molecule has 0 amide bonds. The van der Waals surface area contributed by atoms with Crippen molar-refractivity contribution in [1.82, 2.24) is 0 Å². The van der Waals surface area contributed by atoms with Crippen LogP contribution in [0.2, 0.25) is 0 Å². The predicted molar refractivity (Wildman–Crippen MR) is 59.8 cm³/mol. The summed E-state index contributed by atoms with van der Waals surface area (Å²) in [7, 11) is 0. The molecule has 2 bridgehead atoms. The molecule has 84 valence electrons. The fourth-order valence-electron chi connectivity index (χ4n) is 2.94. The lowest BCUT2D eigenvalue weighted by molar-refractivity contribution is 0.00363. The SMILES string of the molecule is N#CC1(C(O)c2ccsc2)CC2CCC1O2. The van der Waals surface area contributed by atoms with E-state index in [9.17, 15) is 10.4 Å². The number of ether oxygens (including phenoxy) is 1. The standard InChI is InChI=1S/C12H13NO2S/c13-7-12(5-9-1-2-10(12)15-9)11(14)8-3-4-16-6-8/h3-4,6,9-11,14H,1-2,5H2. The molecule has 3 rings (SSSR count). The van der Waals surface area contributed by atoms with Gasteiger partial charge in [0.05, 0.1) is 18.3 Å². The van der Waals surface area contributed by atoms with Crippen LogP contribution < -0.4 is 0 Å². The van der Waals surface area contributed by atoms with E-state index in [0.717, 1.165) is 18.4 Å². The van der Waals surface area contributed by atoms with Crippen LogP contribution in [-0.4, -0.2) is 17.3 Å². The van der Waals surface area contributed by atoms with Crippen molar-refractivity contribution in [1.29, 1.82) is 5.26 Å². The molecule has 2 fully saturated rings. The van der Waals surface area contributed by atoms with Gasteiger partial charge < -0.3 is 9.84 Å². The molecule has 1 aromatic rings. The second-order valence-corrected chi connectivity index (χ2v) is 5.42. The minimum Gasteiger partial charge on any atom is -0.387 e. The summed E-state index contributed by atoms with van der Waals surface area (Å²) in [5.74, 6) is 0. The number of hydrogen-bond donors (Lipinski definition) is 1. The Morgan fingerprint density at radius 2 is 2.50 bits per heavy atom. The predicted octanol–water partition coefficient (Wildman–Crippen LogP) is 2.24. The number of thiophene rings is 1. The molecule has 4 heteroatoms. The van der Waals surface area contributed by atoms with Gasteiger partial charge in [0.25, 0.3) is 0 Å². The molecule has 2 aliphatic rings. The second-order valence-electron chi connectivity index (χ2n) is 4.64. The molecule has 2 aliphatic heterocycles. The Hall–Kier alpha value is -0.890. The van der Waals surface area contributed by atoms with E-state index in [4.69, 9.17) is 4.74 Å². The lowest BCUT2D eigenvalue weighted by Crippen LogP contribution is -2.37. The molecule has 1 N–H and O–H groups in total. The summed E-state index contributed by atoms with van der Waals surface area (Å²) in [5.41, 5.74) is 0.131. The number of rotatable bonds is 2. The third kappa shape index (κ3) is 1.26. The zero-order valence-electron chi connectivity index (χ0n) is 8.80. The molecular formula is C12H13NO2S. The highest BCUT2D eigenvalue weighted by Gasteiger charge is 2.57. The summed E-state index contributed by atoms with van der Waals surface area (Å²) in [6.07, 6.45) is 1.99. The van der Waals surface area contributed by atoms with Gasteiger partial charge in [-0.1, -0.05) is 0 Å².